The van der Waals surface area contributed by atoms with Crippen LogP contribution in [0.1, 0.15) is 42.1 Å². The number of rotatable bonds is 6. The van der Waals surface area contributed by atoms with Gasteiger partial charge in [0.25, 0.3) is 5.91 Å². The molecular weight excluding hydrogens is 372 g/mol. The average Bonchev–Trinajstić information content (AvgIpc) is 2.80. The van der Waals surface area contributed by atoms with Gasteiger partial charge < -0.3 is 15.0 Å². The summed E-state index contributed by atoms with van der Waals surface area (Å²) < 4.78 is 5.79. The van der Waals surface area contributed by atoms with Crippen LogP contribution in [0.15, 0.2) is 78.9 Å². The molecule has 0 bridgehead atoms. The van der Waals surface area contributed by atoms with Crippen molar-refractivity contribution in [3.8, 4) is 5.75 Å². The third-order valence-corrected chi connectivity index (χ3v) is 5.62. The van der Waals surface area contributed by atoms with E-state index in [0.29, 0.717) is 18.2 Å². The fourth-order valence-electron chi connectivity index (χ4n) is 3.86. The van der Waals surface area contributed by atoms with Gasteiger partial charge in [0.05, 0.1) is 0 Å². The van der Waals surface area contributed by atoms with Gasteiger partial charge in [-0.3, -0.25) is 4.79 Å². The van der Waals surface area contributed by atoms with Crippen molar-refractivity contribution in [1.29, 1.82) is 0 Å². The maximum atomic E-state index is 12.6. The lowest BCUT2D eigenvalue weighted by atomic mass is 10.0. The molecule has 0 saturated carbocycles. The Kier molecular flexibility index (Phi) is 6.33. The largest absolute Gasteiger partial charge is 0.489 e. The van der Waals surface area contributed by atoms with Crippen LogP contribution in [0.3, 0.4) is 0 Å². The van der Waals surface area contributed by atoms with E-state index in [1.807, 2.05) is 54.6 Å². The minimum absolute atomic E-state index is 0.122. The number of carbonyl (C=O) groups excluding carboxylic acids is 1. The summed E-state index contributed by atoms with van der Waals surface area (Å²) in [5.41, 5.74) is 3.75. The van der Waals surface area contributed by atoms with Crippen molar-refractivity contribution in [3.05, 3.63) is 90.0 Å². The Morgan fingerprint density at radius 2 is 1.70 bits per heavy atom. The van der Waals surface area contributed by atoms with Gasteiger partial charge in [0.2, 0.25) is 0 Å². The lowest BCUT2D eigenvalue weighted by Crippen LogP contribution is -2.37. The lowest BCUT2D eigenvalue weighted by Gasteiger charge is -2.35. The second-order valence-electron chi connectivity index (χ2n) is 7.84. The number of piperidine rings is 1. The summed E-state index contributed by atoms with van der Waals surface area (Å²) in [6.45, 7) is 3.89. The smallest absolute Gasteiger partial charge is 0.255 e. The number of nitrogens with one attached hydrogen (secondary N) is 1. The van der Waals surface area contributed by atoms with Crippen LogP contribution < -0.4 is 15.0 Å². The van der Waals surface area contributed by atoms with Crippen LogP contribution in [0.5, 0.6) is 5.75 Å². The molecule has 1 fully saturated rings. The fraction of sp³-hybridized carbons (Fsp3) is 0.269. The average molecular weight is 401 g/mol. The van der Waals surface area contributed by atoms with Crippen LogP contribution >= 0.6 is 0 Å². The summed E-state index contributed by atoms with van der Waals surface area (Å²) in [6.07, 6.45) is 3.79. The standard InChI is InChI=1S/C26H28N2O2/c1-20-7-5-6-18-28(20)24-14-12-23(13-15-24)27-26(29)22-10-16-25(17-11-22)30-19-21-8-3-2-4-9-21/h2-4,8-17,20H,5-7,18-19H2,1H3,(H,27,29)/t20-/m1/s1. The van der Waals surface area contributed by atoms with E-state index in [0.717, 1.165) is 23.5 Å². The highest BCUT2D eigenvalue weighted by Gasteiger charge is 2.18. The van der Waals surface area contributed by atoms with Crippen LogP contribution in [-0.4, -0.2) is 18.5 Å². The first-order valence-electron chi connectivity index (χ1n) is 10.6. The molecule has 154 valence electrons. The predicted molar refractivity (Wildman–Crippen MR) is 122 cm³/mol. The number of hydrogen-bond donors (Lipinski definition) is 1. The van der Waals surface area contributed by atoms with E-state index in [4.69, 9.17) is 4.74 Å². The molecule has 0 aromatic heterocycles. The molecule has 1 saturated heterocycles. The van der Waals surface area contributed by atoms with Crippen molar-refractivity contribution < 1.29 is 9.53 Å². The Balaban J connectivity index is 1.33. The number of benzene rings is 3. The first-order valence-corrected chi connectivity index (χ1v) is 10.6. The van der Waals surface area contributed by atoms with E-state index in [1.54, 1.807) is 12.1 Å². The van der Waals surface area contributed by atoms with Gasteiger partial charge >= 0.3 is 0 Å². The Hall–Kier alpha value is -3.27. The molecule has 1 aliphatic rings. The van der Waals surface area contributed by atoms with Crippen molar-refractivity contribution >= 4 is 17.3 Å². The second-order valence-corrected chi connectivity index (χ2v) is 7.84. The highest BCUT2D eigenvalue weighted by Crippen LogP contribution is 2.26. The number of carbonyl (C=O) groups is 1. The molecule has 0 unspecified atom stereocenters. The molecule has 0 aliphatic carbocycles. The Morgan fingerprint density at radius 1 is 0.967 bits per heavy atom. The van der Waals surface area contributed by atoms with Crippen molar-refractivity contribution in [3.63, 3.8) is 0 Å². The number of ether oxygens (including phenoxy) is 1. The van der Waals surface area contributed by atoms with Crippen LogP contribution in [0.4, 0.5) is 11.4 Å². The number of hydrogen-bond acceptors (Lipinski definition) is 3. The van der Waals surface area contributed by atoms with Gasteiger partial charge in [-0.1, -0.05) is 30.3 Å². The molecule has 30 heavy (non-hydrogen) atoms. The zero-order valence-corrected chi connectivity index (χ0v) is 17.4. The zero-order chi connectivity index (χ0) is 20.8. The summed E-state index contributed by atoms with van der Waals surface area (Å²) in [5, 5.41) is 2.98. The maximum absolute atomic E-state index is 12.6. The first kappa shape index (κ1) is 20.0. The Labute approximate surface area is 178 Å². The van der Waals surface area contributed by atoms with E-state index in [2.05, 4.69) is 29.3 Å². The second kappa shape index (κ2) is 9.49. The molecule has 0 radical (unpaired) electrons. The van der Waals surface area contributed by atoms with E-state index < -0.39 is 0 Å². The molecule has 4 nitrogen and oxygen atoms in total. The van der Waals surface area contributed by atoms with Crippen molar-refractivity contribution in [2.24, 2.45) is 0 Å². The molecule has 4 heteroatoms. The Bertz CT molecular complexity index is 953. The molecule has 3 aromatic carbocycles. The molecule has 1 heterocycles. The van der Waals surface area contributed by atoms with Gasteiger partial charge in [0, 0.05) is 29.5 Å². The highest BCUT2D eigenvalue weighted by molar-refractivity contribution is 6.04. The third-order valence-electron chi connectivity index (χ3n) is 5.62. The Morgan fingerprint density at radius 3 is 2.40 bits per heavy atom. The quantitative estimate of drug-likeness (QED) is 0.560. The van der Waals surface area contributed by atoms with Gasteiger partial charge in [-0.25, -0.2) is 0 Å². The summed E-state index contributed by atoms with van der Waals surface area (Å²) in [4.78, 5) is 15.0. The van der Waals surface area contributed by atoms with Crippen molar-refractivity contribution in [1.82, 2.24) is 0 Å². The number of nitrogens with zero attached hydrogens (tertiary/aromatic N) is 1. The maximum Gasteiger partial charge on any atom is 0.255 e. The summed E-state index contributed by atoms with van der Waals surface area (Å²) >= 11 is 0. The van der Waals surface area contributed by atoms with E-state index in [9.17, 15) is 4.79 Å². The summed E-state index contributed by atoms with van der Waals surface area (Å²) in [7, 11) is 0. The normalized spacial score (nSPS) is 16.2. The molecule has 1 atom stereocenters. The molecule has 4 rings (SSSR count). The van der Waals surface area contributed by atoms with Crippen LogP contribution in [0.2, 0.25) is 0 Å². The van der Waals surface area contributed by atoms with Crippen LogP contribution in [0, 0.1) is 0 Å². The zero-order valence-electron chi connectivity index (χ0n) is 17.4. The summed E-state index contributed by atoms with van der Waals surface area (Å²) in [5.74, 6) is 0.624. The van der Waals surface area contributed by atoms with Gasteiger partial charge in [-0.15, -0.1) is 0 Å². The van der Waals surface area contributed by atoms with Crippen LogP contribution in [0.25, 0.3) is 0 Å². The number of amides is 1. The van der Waals surface area contributed by atoms with Crippen molar-refractivity contribution in [2.75, 3.05) is 16.8 Å². The SMILES string of the molecule is C[C@@H]1CCCCN1c1ccc(NC(=O)c2ccc(OCc3ccccc3)cc2)cc1. The molecular formula is C26H28N2O2. The summed E-state index contributed by atoms with van der Waals surface area (Å²) in [6, 6.07) is 26.0. The third kappa shape index (κ3) is 5.01. The highest BCUT2D eigenvalue weighted by atomic mass is 16.5. The predicted octanol–water partition coefficient (Wildman–Crippen LogP) is 5.90. The van der Waals surface area contributed by atoms with Gasteiger partial charge in [0.1, 0.15) is 12.4 Å². The van der Waals surface area contributed by atoms with E-state index >= 15 is 0 Å². The topological polar surface area (TPSA) is 41.6 Å². The van der Waals surface area contributed by atoms with Gasteiger partial charge in [-0.05, 0) is 80.3 Å². The lowest BCUT2D eigenvalue weighted by molar-refractivity contribution is 0.102. The minimum atomic E-state index is -0.122. The minimum Gasteiger partial charge on any atom is -0.489 e. The molecule has 3 aromatic rings. The molecule has 1 aliphatic heterocycles. The fourth-order valence-corrected chi connectivity index (χ4v) is 3.86. The first-order chi connectivity index (χ1) is 14.7. The van der Waals surface area contributed by atoms with Gasteiger partial charge in [-0.2, -0.15) is 0 Å². The van der Waals surface area contributed by atoms with E-state index in [1.165, 1.54) is 24.9 Å². The number of anilines is 2. The van der Waals surface area contributed by atoms with Crippen LogP contribution in [-0.2, 0) is 6.61 Å². The van der Waals surface area contributed by atoms with Gasteiger partial charge in [0.15, 0.2) is 0 Å². The molecule has 0 spiro atoms. The van der Waals surface area contributed by atoms with E-state index in [-0.39, 0.29) is 5.91 Å². The van der Waals surface area contributed by atoms with Crippen molar-refractivity contribution in [2.45, 2.75) is 38.8 Å². The monoisotopic (exact) mass is 400 g/mol. The molecule has 1 N–H and O–H groups in total. The molecule has 1 amide bonds.